The predicted octanol–water partition coefficient (Wildman–Crippen LogP) is 1.71. The number of hydrogen-bond acceptors (Lipinski definition) is 5. The van der Waals surface area contributed by atoms with Gasteiger partial charge in [-0.3, -0.25) is 14.5 Å². The molecule has 1 saturated heterocycles. The van der Waals surface area contributed by atoms with Crippen molar-refractivity contribution >= 4 is 23.7 Å². The molecule has 2 rings (SSSR count). The van der Waals surface area contributed by atoms with Gasteiger partial charge in [-0.05, 0) is 25.8 Å². The van der Waals surface area contributed by atoms with Gasteiger partial charge in [0.1, 0.15) is 6.04 Å². The number of imide groups is 1. The van der Waals surface area contributed by atoms with Crippen molar-refractivity contribution < 1.29 is 23.9 Å². The number of amides is 3. The van der Waals surface area contributed by atoms with E-state index in [4.69, 9.17) is 4.74 Å². The number of urea groups is 1. The molecule has 0 radical (unpaired) electrons. The average Bonchev–Trinajstić information content (AvgIpc) is 3.02. The first-order chi connectivity index (χ1) is 11.8. The van der Waals surface area contributed by atoms with Crippen LogP contribution in [0.25, 0.3) is 0 Å². The first kappa shape index (κ1) is 18.7. The van der Waals surface area contributed by atoms with E-state index in [0.717, 1.165) is 17.7 Å². The van der Waals surface area contributed by atoms with Crippen LogP contribution in [0, 0.1) is 13.8 Å². The van der Waals surface area contributed by atoms with Gasteiger partial charge in [-0.2, -0.15) is 0 Å². The number of ketones is 1. The Kier molecular flexibility index (Phi) is 5.61. The van der Waals surface area contributed by atoms with Crippen molar-refractivity contribution in [2.75, 3.05) is 13.7 Å². The molecule has 1 atom stereocenters. The predicted molar refractivity (Wildman–Crippen MR) is 89.5 cm³/mol. The second kappa shape index (κ2) is 7.50. The van der Waals surface area contributed by atoms with Gasteiger partial charge < -0.3 is 15.0 Å². The molecule has 0 aliphatic carbocycles. The number of rotatable bonds is 7. The maximum absolute atomic E-state index is 12.6. The van der Waals surface area contributed by atoms with Crippen LogP contribution in [0.3, 0.4) is 0 Å². The Bertz CT molecular complexity index is 722. The van der Waals surface area contributed by atoms with Gasteiger partial charge >= 0.3 is 12.0 Å². The summed E-state index contributed by atoms with van der Waals surface area (Å²) in [6, 6.07) is -1.13. The van der Waals surface area contributed by atoms with Crippen molar-refractivity contribution in [2.24, 2.45) is 0 Å². The summed E-state index contributed by atoms with van der Waals surface area (Å²) in [6.45, 7) is 4.91. The van der Waals surface area contributed by atoms with E-state index in [-0.39, 0.29) is 18.1 Å². The van der Waals surface area contributed by atoms with Crippen molar-refractivity contribution in [3.05, 3.63) is 22.5 Å². The van der Waals surface area contributed by atoms with Crippen LogP contribution in [0.5, 0.6) is 0 Å². The molecule has 1 aromatic heterocycles. The van der Waals surface area contributed by atoms with E-state index < -0.39 is 23.8 Å². The standard InChI is InChI=1S/C17H23N3O5/c1-5-6-7-11-15(22)20(17(24)19-11)8-12(21)14-9(2)13(10(3)18-14)16(23)25-4/h11,18H,5-8H2,1-4H3,(H,19,24)/t11-/m1/s1. The zero-order chi connectivity index (χ0) is 18.7. The van der Waals surface area contributed by atoms with Crippen LogP contribution >= 0.6 is 0 Å². The SMILES string of the molecule is CCCC[C@H]1NC(=O)N(CC(=O)c2[nH]c(C)c(C(=O)OC)c2C)C1=O. The minimum absolute atomic E-state index is 0.204. The van der Waals surface area contributed by atoms with Crippen LogP contribution in [-0.4, -0.2) is 53.3 Å². The number of Topliss-reactive ketones (excluding diaryl/α,β-unsaturated/α-hetero) is 1. The highest BCUT2D eigenvalue weighted by Crippen LogP contribution is 2.20. The summed E-state index contributed by atoms with van der Waals surface area (Å²) in [6.07, 6.45) is 2.28. The smallest absolute Gasteiger partial charge is 0.339 e. The molecule has 2 N–H and O–H groups in total. The summed E-state index contributed by atoms with van der Waals surface area (Å²) in [5.74, 6) is -1.36. The molecule has 0 unspecified atom stereocenters. The fourth-order valence-electron chi connectivity index (χ4n) is 2.99. The van der Waals surface area contributed by atoms with Crippen LogP contribution < -0.4 is 5.32 Å². The lowest BCUT2D eigenvalue weighted by molar-refractivity contribution is -0.127. The van der Waals surface area contributed by atoms with Gasteiger partial charge in [-0.1, -0.05) is 19.8 Å². The summed E-state index contributed by atoms with van der Waals surface area (Å²) >= 11 is 0. The first-order valence-corrected chi connectivity index (χ1v) is 8.24. The number of hydrogen-bond donors (Lipinski definition) is 2. The van der Waals surface area contributed by atoms with E-state index in [1.54, 1.807) is 13.8 Å². The summed E-state index contributed by atoms with van der Waals surface area (Å²) < 4.78 is 4.71. The number of aromatic nitrogens is 1. The summed E-state index contributed by atoms with van der Waals surface area (Å²) in [5.41, 5.74) is 1.45. The fraction of sp³-hybridized carbons (Fsp3) is 0.529. The fourth-order valence-corrected chi connectivity index (χ4v) is 2.99. The van der Waals surface area contributed by atoms with E-state index >= 15 is 0 Å². The molecule has 3 amide bonds. The second-order valence-electron chi connectivity index (χ2n) is 6.11. The molecule has 1 aliphatic heterocycles. The molecule has 8 heteroatoms. The molecule has 136 valence electrons. The molecule has 2 heterocycles. The maximum atomic E-state index is 12.6. The number of nitrogens with one attached hydrogen (secondary N) is 2. The Hall–Kier alpha value is -2.64. The number of nitrogens with zero attached hydrogens (tertiary/aromatic N) is 1. The Morgan fingerprint density at radius 2 is 1.92 bits per heavy atom. The van der Waals surface area contributed by atoms with E-state index in [1.165, 1.54) is 7.11 Å². The van der Waals surface area contributed by atoms with E-state index in [2.05, 4.69) is 10.3 Å². The molecule has 1 fully saturated rings. The quantitative estimate of drug-likeness (QED) is 0.442. The van der Waals surface area contributed by atoms with Crippen LogP contribution in [-0.2, 0) is 9.53 Å². The zero-order valence-corrected chi connectivity index (χ0v) is 14.9. The summed E-state index contributed by atoms with van der Waals surface area (Å²) in [7, 11) is 1.26. The minimum Gasteiger partial charge on any atom is -0.465 e. The molecule has 0 aromatic carbocycles. The van der Waals surface area contributed by atoms with E-state index in [1.807, 2.05) is 6.92 Å². The lowest BCUT2D eigenvalue weighted by atomic mass is 10.1. The van der Waals surface area contributed by atoms with Crippen molar-refractivity contribution in [3.8, 4) is 0 Å². The molecule has 0 saturated carbocycles. The topological polar surface area (TPSA) is 109 Å². The number of unbranched alkanes of at least 4 members (excludes halogenated alkanes) is 1. The van der Waals surface area contributed by atoms with Crippen LogP contribution in [0.1, 0.15) is 58.3 Å². The highest BCUT2D eigenvalue weighted by Gasteiger charge is 2.39. The van der Waals surface area contributed by atoms with Crippen molar-refractivity contribution in [2.45, 2.75) is 46.1 Å². The largest absolute Gasteiger partial charge is 0.465 e. The van der Waals surface area contributed by atoms with Gasteiger partial charge in [-0.15, -0.1) is 0 Å². The number of carbonyl (C=O) groups excluding carboxylic acids is 4. The number of esters is 1. The van der Waals surface area contributed by atoms with Crippen LogP contribution in [0.2, 0.25) is 0 Å². The second-order valence-corrected chi connectivity index (χ2v) is 6.11. The molecule has 0 spiro atoms. The van der Waals surface area contributed by atoms with Gasteiger partial charge in [-0.25, -0.2) is 9.59 Å². The molecule has 8 nitrogen and oxygen atoms in total. The maximum Gasteiger partial charge on any atom is 0.339 e. The lowest BCUT2D eigenvalue weighted by Gasteiger charge is -2.12. The number of aryl methyl sites for hydroxylation is 1. The Morgan fingerprint density at radius 1 is 1.24 bits per heavy atom. The Balaban J connectivity index is 2.16. The van der Waals surface area contributed by atoms with Crippen molar-refractivity contribution in [1.82, 2.24) is 15.2 Å². The van der Waals surface area contributed by atoms with E-state index in [0.29, 0.717) is 23.2 Å². The Morgan fingerprint density at radius 3 is 2.52 bits per heavy atom. The van der Waals surface area contributed by atoms with Gasteiger partial charge in [0, 0.05) is 5.69 Å². The van der Waals surface area contributed by atoms with Crippen molar-refractivity contribution in [3.63, 3.8) is 0 Å². The summed E-state index contributed by atoms with van der Waals surface area (Å²) in [4.78, 5) is 52.4. The highest BCUT2D eigenvalue weighted by molar-refractivity contribution is 6.10. The van der Waals surface area contributed by atoms with Crippen LogP contribution in [0.4, 0.5) is 4.79 Å². The number of aromatic amines is 1. The molecular formula is C17H23N3O5. The van der Waals surface area contributed by atoms with Crippen LogP contribution in [0.15, 0.2) is 0 Å². The lowest BCUT2D eigenvalue weighted by Crippen LogP contribution is -2.36. The monoisotopic (exact) mass is 349 g/mol. The van der Waals surface area contributed by atoms with Gasteiger partial charge in [0.25, 0.3) is 5.91 Å². The first-order valence-electron chi connectivity index (χ1n) is 8.24. The number of ether oxygens (including phenoxy) is 1. The Labute approximate surface area is 145 Å². The number of H-pyrrole nitrogens is 1. The number of carbonyl (C=O) groups is 4. The molecule has 1 aromatic rings. The molecule has 1 aliphatic rings. The third-order valence-corrected chi connectivity index (χ3v) is 4.36. The zero-order valence-electron chi connectivity index (χ0n) is 14.9. The third-order valence-electron chi connectivity index (χ3n) is 4.36. The molecular weight excluding hydrogens is 326 g/mol. The third kappa shape index (κ3) is 3.57. The minimum atomic E-state index is -0.572. The van der Waals surface area contributed by atoms with Crippen molar-refractivity contribution in [1.29, 1.82) is 0 Å². The van der Waals surface area contributed by atoms with Gasteiger partial charge in [0.05, 0.1) is 24.9 Å². The molecule has 0 bridgehead atoms. The summed E-state index contributed by atoms with van der Waals surface area (Å²) in [5, 5.41) is 2.60. The number of methoxy groups -OCH3 is 1. The van der Waals surface area contributed by atoms with E-state index in [9.17, 15) is 19.2 Å². The highest BCUT2D eigenvalue weighted by atomic mass is 16.5. The normalized spacial score (nSPS) is 17.0. The average molecular weight is 349 g/mol. The van der Waals surface area contributed by atoms with Gasteiger partial charge in [0.2, 0.25) is 0 Å². The van der Waals surface area contributed by atoms with Gasteiger partial charge in [0.15, 0.2) is 5.78 Å². The molecule has 25 heavy (non-hydrogen) atoms.